The zero-order valence-corrected chi connectivity index (χ0v) is 10.9. The molecule has 6 heteroatoms. The molecule has 3 rings (SSSR count). The number of hydrogen-bond donors (Lipinski definition) is 3. The maximum absolute atomic E-state index is 9.47. The number of halogens is 1. The van der Waals surface area contributed by atoms with Crippen molar-refractivity contribution in [3.63, 3.8) is 0 Å². The molecule has 2 aromatic rings. The molecule has 1 aliphatic heterocycles. The summed E-state index contributed by atoms with van der Waals surface area (Å²) >= 11 is 5.95. The highest BCUT2D eigenvalue weighted by atomic mass is 35.5. The average Bonchev–Trinajstić information content (AvgIpc) is 2.38. The summed E-state index contributed by atoms with van der Waals surface area (Å²) in [4.78, 5) is 8.49. The highest BCUT2D eigenvalue weighted by molar-refractivity contribution is 6.28. The Morgan fingerprint density at radius 2 is 2.21 bits per heavy atom. The Hall–Kier alpha value is -1.85. The molecule has 3 N–H and O–H groups in total. The third-order valence-electron chi connectivity index (χ3n) is 3.01. The van der Waals surface area contributed by atoms with E-state index in [9.17, 15) is 5.11 Å². The van der Waals surface area contributed by atoms with E-state index < -0.39 is 0 Å². The molecule has 1 aromatic carbocycles. The van der Waals surface area contributed by atoms with E-state index in [2.05, 4.69) is 20.6 Å². The lowest BCUT2D eigenvalue weighted by molar-refractivity contribution is 0.475. The first-order valence-electron chi connectivity index (χ1n) is 6.04. The van der Waals surface area contributed by atoms with Crippen LogP contribution in [0, 0.1) is 0 Å². The van der Waals surface area contributed by atoms with Crippen molar-refractivity contribution in [3.8, 4) is 5.75 Å². The van der Waals surface area contributed by atoms with Gasteiger partial charge in [0.1, 0.15) is 11.6 Å². The largest absolute Gasteiger partial charge is 0.508 e. The predicted octanol–water partition coefficient (Wildman–Crippen LogP) is 2.22. The summed E-state index contributed by atoms with van der Waals surface area (Å²) in [5, 5.41) is 16.2. The summed E-state index contributed by atoms with van der Waals surface area (Å²) in [6, 6.07) is 6.89. The first-order chi connectivity index (χ1) is 9.22. The van der Waals surface area contributed by atoms with E-state index in [-0.39, 0.29) is 11.0 Å². The van der Waals surface area contributed by atoms with Crippen LogP contribution in [0.4, 0.5) is 11.5 Å². The van der Waals surface area contributed by atoms with Gasteiger partial charge in [0.15, 0.2) is 0 Å². The summed E-state index contributed by atoms with van der Waals surface area (Å²) in [6.07, 6.45) is 0.840. The topological polar surface area (TPSA) is 70.1 Å². The Kier molecular flexibility index (Phi) is 3.23. The molecule has 19 heavy (non-hydrogen) atoms. The lowest BCUT2D eigenvalue weighted by Crippen LogP contribution is -2.26. The van der Waals surface area contributed by atoms with Crippen LogP contribution in [0.5, 0.6) is 5.75 Å². The van der Waals surface area contributed by atoms with Crippen molar-refractivity contribution in [1.29, 1.82) is 0 Å². The second kappa shape index (κ2) is 5.03. The molecular weight excluding hydrogens is 264 g/mol. The van der Waals surface area contributed by atoms with Gasteiger partial charge in [-0.15, -0.1) is 0 Å². The van der Waals surface area contributed by atoms with Gasteiger partial charge in [-0.25, -0.2) is 9.97 Å². The van der Waals surface area contributed by atoms with Crippen LogP contribution in [-0.4, -0.2) is 21.6 Å². The van der Waals surface area contributed by atoms with E-state index in [1.807, 2.05) is 6.07 Å². The minimum absolute atomic E-state index is 0.206. The second-order valence-electron chi connectivity index (χ2n) is 4.37. The van der Waals surface area contributed by atoms with Crippen LogP contribution in [0.15, 0.2) is 24.3 Å². The predicted molar refractivity (Wildman–Crippen MR) is 73.8 cm³/mol. The summed E-state index contributed by atoms with van der Waals surface area (Å²) in [5.74, 6) is 0.893. The van der Waals surface area contributed by atoms with Gasteiger partial charge in [-0.1, -0.05) is 6.07 Å². The van der Waals surface area contributed by atoms with Crippen LogP contribution in [0.3, 0.4) is 0 Å². The van der Waals surface area contributed by atoms with Crippen LogP contribution in [-0.2, 0) is 13.0 Å². The van der Waals surface area contributed by atoms with Gasteiger partial charge in [0, 0.05) is 36.8 Å². The van der Waals surface area contributed by atoms with Crippen molar-refractivity contribution in [2.45, 2.75) is 13.0 Å². The van der Waals surface area contributed by atoms with Crippen LogP contribution >= 0.6 is 11.6 Å². The van der Waals surface area contributed by atoms with Gasteiger partial charge in [-0.3, -0.25) is 0 Å². The zero-order valence-electron chi connectivity index (χ0n) is 10.2. The molecule has 0 amide bonds. The Labute approximate surface area is 115 Å². The monoisotopic (exact) mass is 276 g/mol. The molecule has 0 spiro atoms. The van der Waals surface area contributed by atoms with E-state index in [1.165, 1.54) is 0 Å². The fourth-order valence-electron chi connectivity index (χ4n) is 2.14. The number of aromatic nitrogens is 2. The summed E-state index contributed by atoms with van der Waals surface area (Å²) in [6.45, 7) is 1.61. The van der Waals surface area contributed by atoms with Crippen LogP contribution in [0.1, 0.15) is 11.3 Å². The van der Waals surface area contributed by atoms with Crippen LogP contribution in [0.25, 0.3) is 0 Å². The van der Waals surface area contributed by atoms with Gasteiger partial charge in [0.25, 0.3) is 0 Å². The molecule has 0 fully saturated rings. The number of phenolic OH excluding ortho intramolecular Hbond substituents is 1. The summed E-state index contributed by atoms with van der Waals surface area (Å²) in [7, 11) is 0. The van der Waals surface area contributed by atoms with E-state index in [1.54, 1.807) is 18.2 Å². The average molecular weight is 277 g/mol. The third kappa shape index (κ3) is 2.62. The van der Waals surface area contributed by atoms with Gasteiger partial charge in [0.05, 0.1) is 5.69 Å². The molecule has 2 heterocycles. The number of anilines is 2. The summed E-state index contributed by atoms with van der Waals surface area (Å²) < 4.78 is 0. The van der Waals surface area contributed by atoms with Crippen molar-refractivity contribution in [1.82, 2.24) is 15.3 Å². The number of hydrogen-bond acceptors (Lipinski definition) is 5. The molecule has 0 atom stereocenters. The van der Waals surface area contributed by atoms with E-state index in [0.29, 0.717) is 12.4 Å². The molecule has 0 saturated heterocycles. The quantitative estimate of drug-likeness (QED) is 0.734. The Bertz CT molecular complexity index is 618. The second-order valence-corrected chi connectivity index (χ2v) is 4.71. The zero-order chi connectivity index (χ0) is 13.2. The molecule has 0 saturated carbocycles. The summed E-state index contributed by atoms with van der Waals surface area (Å²) in [5.41, 5.74) is 2.77. The lowest BCUT2D eigenvalue weighted by atomic mass is 10.1. The number of benzene rings is 1. The smallest absolute Gasteiger partial charge is 0.224 e. The molecule has 0 unspecified atom stereocenters. The molecule has 0 aliphatic carbocycles. The standard InChI is InChI=1S/C13H13ClN4O/c14-13-17-11-4-5-15-7-10(11)12(18-13)16-8-2-1-3-9(19)6-8/h1-3,6,15,19H,4-5,7H2,(H,16,17,18). The first kappa shape index (κ1) is 12.2. The van der Waals surface area contributed by atoms with Crippen LogP contribution in [0.2, 0.25) is 5.28 Å². The Balaban J connectivity index is 1.98. The molecule has 1 aromatic heterocycles. The SMILES string of the molecule is Oc1cccc(Nc2nc(Cl)nc3c2CNCC3)c1. The maximum atomic E-state index is 9.47. The van der Waals surface area contributed by atoms with Crippen molar-refractivity contribution < 1.29 is 5.11 Å². The number of aromatic hydroxyl groups is 1. The molecule has 1 aliphatic rings. The van der Waals surface area contributed by atoms with E-state index >= 15 is 0 Å². The number of nitrogens with zero attached hydrogens (tertiary/aromatic N) is 2. The highest BCUT2D eigenvalue weighted by Gasteiger charge is 2.17. The van der Waals surface area contributed by atoms with Gasteiger partial charge in [-0.2, -0.15) is 0 Å². The number of nitrogens with one attached hydrogen (secondary N) is 2. The number of phenols is 1. The number of fused-ring (bicyclic) bond motifs is 1. The Morgan fingerprint density at radius 1 is 1.32 bits per heavy atom. The van der Waals surface area contributed by atoms with E-state index in [4.69, 9.17) is 11.6 Å². The van der Waals surface area contributed by atoms with Crippen molar-refractivity contribution in [2.75, 3.05) is 11.9 Å². The van der Waals surface area contributed by atoms with Gasteiger partial charge < -0.3 is 15.7 Å². The molecule has 0 bridgehead atoms. The Morgan fingerprint density at radius 3 is 3.05 bits per heavy atom. The minimum atomic E-state index is 0.206. The van der Waals surface area contributed by atoms with Crippen LogP contribution < -0.4 is 10.6 Å². The molecule has 0 radical (unpaired) electrons. The van der Waals surface area contributed by atoms with Crippen molar-refractivity contribution in [2.24, 2.45) is 0 Å². The van der Waals surface area contributed by atoms with Gasteiger partial charge in [0.2, 0.25) is 5.28 Å². The first-order valence-corrected chi connectivity index (χ1v) is 6.42. The van der Waals surface area contributed by atoms with Crippen molar-refractivity contribution in [3.05, 3.63) is 40.8 Å². The van der Waals surface area contributed by atoms with Gasteiger partial charge in [-0.05, 0) is 23.7 Å². The lowest BCUT2D eigenvalue weighted by Gasteiger charge is -2.19. The fourth-order valence-corrected chi connectivity index (χ4v) is 2.32. The van der Waals surface area contributed by atoms with Crippen molar-refractivity contribution >= 4 is 23.1 Å². The molecule has 98 valence electrons. The molecular formula is C13H13ClN4O. The number of rotatable bonds is 2. The third-order valence-corrected chi connectivity index (χ3v) is 3.18. The minimum Gasteiger partial charge on any atom is -0.508 e. The maximum Gasteiger partial charge on any atom is 0.224 e. The molecule has 5 nitrogen and oxygen atoms in total. The fraction of sp³-hybridized carbons (Fsp3) is 0.231. The van der Waals surface area contributed by atoms with Gasteiger partial charge >= 0.3 is 0 Å². The van der Waals surface area contributed by atoms with E-state index in [0.717, 1.165) is 29.9 Å². The normalized spacial score (nSPS) is 13.9. The highest BCUT2D eigenvalue weighted by Crippen LogP contribution is 2.26.